The Hall–Kier alpha value is -2.60. The average Bonchev–Trinajstić information content (AvgIpc) is 2.55. The van der Waals surface area contributed by atoms with Gasteiger partial charge in [0.05, 0.1) is 6.61 Å². The van der Waals surface area contributed by atoms with Gasteiger partial charge in [-0.1, -0.05) is 18.2 Å². The minimum Gasteiger partial charge on any atom is -0.489 e. The Kier molecular flexibility index (Phi) is 5.94. The summed E-state index contributed by atoms with van der Waals surface area (Å²) >= 11 is 0. The summed E-state index contributed by atoms with van der Waals surface area (Å²) in [6.45, 7) is 0.472. The standard InChI is InChI=1S/C17H19FN2O3/c1-20(9-10-21)17(22)19-15-3-2-4-16(11-15)23-12-13-5-7-14(18)8-6-13/h2-8,11,21H,9-10,12H2,1H3,(H,19,22). The van der Waals surface area contributed by atoms with Gasteiger partial charge in [-0.15, -0.1) is 0 Å². The maximum Gasteiger partial charge on any atom is 0.321 e. The van der Waals surface area contributed by atoms with Crippen LogP contribution in [0.4, 0.5) is 14.9 Å². The number of halogens is 1. The van der Waals surface area contributed by atoms with Gasteiger partial charge in [-0.2, -0.15) is 0 Å². The summed E-state index contributed by atoms with van der Waals surface area (Å²) in [5, 5.41) is 11.5. The van der Waals surface area contributed by atoms with Crippen LogP contribution < -0.4 is 10.1 Å². The largest absolute Gasteiger partial charge is 0.489 e. The van der Waals surface area contributed by atoms with Gasteiger partial charge in [-0.3, -0.25) is 0 Å². The van der Waals surface area contributed by atoms with Crippen LogP contribution in [0.15, 0.2) is 48.5 Å². The number of likely N-dealkylation sites (N-methyl/N-ethyl adjacent to an activating group) is 1. The van der Waals surface area contributed by atoms with Crippen molar-refractivity contribution in [3.05, 3.63) is 59.9 Å². The molecule has 2 aromatic carbocycles. The molecule has 0 fully saturated rings. The molecule has 0 atom stereocenters. The number of aliphatic hydroxyl groups excluding tert-OH is 1. The van der Waals surface area contributed by atoms with Crippen molar-refractivity contribution in [3.8, 4) is 5.75 Å². The van der Waals surface area contributed by atoms with Gasteiger partial charge in [0, 0.05) is 25.3 Å². The quantitative estimate of drug-likeness (QED) is 0.861. The summed E-state index contributed by atoms with van der Waals surface area (Å²) < 4.78 is 18.5. The second-order valence-corrected chi connectivity index (χ2v) is 5.02. The Labute approximate surface area is 134 Å². The van der Waals surface area contributed by atoms with Gasteiger partial charge in [-0.25, -0.2) is 9.18 Å². The number of nitrogens with one attached hydrogen (secondary N) is 1. The molecule has 5 nitrogen and oxygen atoms in total. The Bertz CT molecular complexity index is 647. The van der Waals surface area contributed by atoms with Crippen molar-refractivity contribution in [2.45, 2.75) is 6.61 Å². The van der Waals surface area contributed by atoms with Gasteiger partial charge < -0.3 is 20.1 Å². The fourth-order valence-corrected chi connectivity index (χ4v) is 1.88. The molecule has 2 amide bonds. The van der Waals surface area contributed by atoms with Crippen LogP contribution in [0.1, 0.15) is 5.56 Å². The van der Waals surface area contributed by atoms with Crippen molar-refractivity contribution < 1.29 is 19.0 Å². The van der Waals surface area contributed by atoms with Crippen molar-refractivity contribution in [2.24, 2.45) is 0 Å². The molecule has 0 saturated heterocycles. The number of hydrogen-bond acceptors (Lipinski definition) is 3. The van der Waals surface area contributed by atoms with Crippen LogP contribution in [0, 0.1) is 5.82 Å². The fraction of sp³-hybridized carbons (Fsp3) is 0.235. The van der Waals surface area contributed by atoms with Crippen molar-refractivity contribution >= 4 is 11.7 Å². The number of aliphatic hydroxyl groups is 1. The first-order valence-electron chi connectivity index (χ1n) is 7.19. The Morgan fingerprint density at radius 3 is 2.70 bits per heavy atom. The van der Waals surface area contributed by atoms with Crippen LogP contribution in [0.25, 0.3) is 0 Å². The molecule has 2 rings (SSSR count). The molecule has 0 unspecified atom stereocenters. The van der Waals surface area contributed by atoms with Gasteiger partial charge >= 0.3 is 6.03 Å². The van der Waals surface area contributed by atoms with Crippen molar-refractivity contribution in [1.29, 1.82) is 0 Å². The number of benzene rings is 2. The number of anilines is 1. The molecule has 0 spiro atoms. The molecule has 0 saturated carbocycles. The third-order valence-corrected chi connectivity index (χ3v) is 3.19. The molecule has 23 heavy (non-hydrogen) atoms. The van der Waals surface area contributed by atoms with Gasteiger partial charge in [0.25, 0.3) is 0 Å². The molecule has 0 aliphatic carbocycles. The second kappa shape index (κ2) is 8.14. The number of hydrogen-bond donors (Lipinski definition) is 2. The maximum absolute atomic E-state index is 12.8. The van der Waals surface area contributed by atoms with Gasteiger partial charge in [0.2, 0.25) is 0 Å². The summed E-state index contributed by atoms with van der Waals surface area (Å²) in [7, 11) is 1.60. The van der Waals surface area contributed by atoms with Gasteiger partial charge in [-0.05, 0) is 29.8 Å². The fourth-order valence-electron chi connectivity index (χ4n) is 1.88. The number of nitrogens with zero attached hydrogens (tertiary/aromatic N) is 1. The van der Waals surface area contributed by atoms with E-state index in [1.165, 1.54) is 17.0 Å². The second-order valence-electron chi connectivity index (χ2n) is 5.02. The third-order valence-electron chi connectivity index (χ3n) is 3.19. The third kappa shape index (κ3) is 5.27. The van der Waals surface area contributed by atoms with E-state index in [0.717, 1.165) is 5.56 Å². The van der Waals surface area contributed by atoms with Crippen LogP contribution in [0.5, 0.6) is 5.75 Å². The lowest BCUT2D eigenvalue weighted by Crippen LogP contribution is -2.33. The van der Waals surface area contributed by atoms with E-state index in [1.807, 2.05) is 0 Å². The summed E-state index contributed by atoms with van der Waals surface area (Å²) in [6.07, 6.45) is 0. The molecule has 2 N–H and O–H groups in total. The zero-order valence-electron chi connectivity index (χ0n) is 12.8. The molecule has 0 aliphatic heterocycles. The predicted octanol–water partition coefficient (Wildman–Crippen LogP) is 2.86. The highest BCUT2D eigenvalue weighted by Crippen LogP contribution is 2.19. The summed E-state index contributed by atoms with van der Waals surface area (Å²) in [5.74, 6) is 0.308. The van der Waals surface area contributed by atoms with E-state index in [4.69, 9.17) is 9.84 Å². The lowest BCUT2D eigenvalue weighted by atomic mass is 10.2. The van der Waals surface area contributed by atoms with Crippen LogP contribution in [0.3, 0.4) is 0 Å². The highest BCUT2D eigenvalue weighted by Gasteiger charge is 2.08. The predicted molar refractivity (Wildman–Crippen MR) is 85.9 cm³/mol. The smallest absolute Gasteiger partial charge is 0.321 e. The van der Waals surface area contributed by atoms with Crippen molar-refractivity contribution in [1.82, 2.24) is 4.90 Å². The monoisotopic (exact) mass is 318 g/mol. The van der Waals surface area contributed by atoms with E-state index < -0.39 is 0 Å². The SMILES string of the molecule is CN(CCO)C(=O)Nc1cccc(OCc2ccc(F)cc2)c1. The van der Waals surface area contributed by atoms with Crippen LogP contribution in [-0.4, -0.2) is 36.2 Å². The average molecular weight is 318 g/mol. The molecular formula is C17H19FN2O3. The molecule has 0 heterocycles. The first-order valence-corrected chi connectivity index (χ1v) is 7.19. The zero-order chi connectivity index (χ0) is 16.7. The first-order chi connectivity index (χ1) is 11.1. The zero-order valence-corrected chi connectivity index (χ0v) is 12.8. The first kappa shape index (κ1) is 16.8. The summed E-state index contributed by atoms with van der Waals surface area (Å²) in [5.41, 5.74) is 1.44. The van der Waals surface area contributed by atoms with E-state index in [1.54, 1.807) is 43.4 Å². The van der Waals surface area contributed by atoms with Crippen molar-refractivity contribution in [3.63, 3.8) is 0 Å². The molecule has 122 valence electrons. The molecule has 2 aromatic rings. The topological polar surface area (TPSA) is 61.8 Å². The Morgan fingerprint density at radius 2 is 2.00 bits per heavy atom. The van der Waals surface area contributed by atoms with Gasteiger partial charge in [0.1, 0.15) is 18.2 Å². The van der Waals surface area contributed by atoms with Gasteiger partial charge in [0.15, 0.2) is 0 Å². The molecule has 0 bridgehead atoms. The van der Waals surface area contributed by atoms with Crippen molar-refractivity contribution in [2.75, 3.05) is 25.5 Å². The van der Waals surface area contributed by atoms with E-state index >= 15 is 0 Å². The molecule has 6 heteroatoms. The normalized spacial score (nSPS) is 10.2. The van der Waals surface area contributed by atoms with E-state index in [2.05, 4.69) is 5.32 Å². The lowest BCUT2D eigenvalue weighted by Gasteiger charge is -2.17. The number of amides is 2. The highest BCUT2D eigenvalue weighted by molar-refractivity contribution is 5.89. The van der Waals surface area contributed by atoms with E-state index in [0.29, 0.717) is 18.0 Å². The molecule has 0 aliphatic rings. The number of urea groups is 1. The summed E-state index contributed by atoms with van der Waals surface area (Å²) in [4.78, 5) is 13.2. The molecule has 0 radical (unpaired) electrons. The Morgan fingerprint density at radius 1 is 1.26 bits per heavy atom. The number of ether oxygens (including phenoxy) is 1. The minimum absolute atomic E-state index is 0.0925. The summed E-state index contributed by atoms with van der Waals surface area (Å²) in [6, 6.07) is 12.8. The van der Waals surface area contributed by atoms with E-state index in [9.17, 15) is 9.18 Å². The van der Waals surface area contributed by atoms with E-state index in [-0.39, 0.29) is 25.0 Å². The lowest BCUT2D eigenvalue weighted by molar-refractivity contribution is 0.202. The molecular weight excluding hydrogens is 299 g/mol. The van der Waals surface area contributed by atoms with Crippen LogP contribution in [-0.2, 0) is 6.61 Å². The number of rotatable bonds is 6. The van der Waals surface area contributed by atoms with Crippen LogP contribution in [0.2, 0.25) is 0 Å². The highest BCUT2D eigenvalue weighted by atomic mass is 19.1. The maximum atomic E-state index is 12.8. The Balaban J connectivity index is 1.94. The molecule has 0 aromatic heterocycles. The van der Waals surface area contributed by atoms with Crippen LogP contribution >= 0.6 is 0 Å². The number of carbonyl (C=O) groups excluding carboxylic acids is 1. The minimum atomic E-state index is -0.310. The number of carbonyl (C=O) groups is 1.